The number of nitrogens with zero attached hydrogens (tertiary/aromatic N) is 1. The highest BCUT2D eigenvalue weighted by Crippen LogP contribution is 2.44. The molecule has 0 radical (unpaired) electrons. The lowest BCUT2D eigenvalue weighted by Crippen LogP contribution is -2.46. The van der Waals surface area contributed by atoms with Crippen LogP contribution < -0.4 is 11.1 Å². The molecule has 1 spiro atoms. The van der Waals surface area contributed by atoms with Crippen LogP contribution in [0.2, 0.25) is 0 Å². The fraction of sp³-hybridized carbons (Fsp3) is 0.632. The Morgan fingerprint density at radius 1 is 1.26 bits per heavy atom. The van der Waals surface area contributed by atoms with Crippen molar-refractivity contribution in [2.24, 2.45) is 16.6 Å². The number of nitrogens with one attached hydrogen (secondary N) is 1. The van der Waals surface area contributed by atoms with Gasteiger partial charge in [0, 0.05) is 18.8 Å². The molecule has 4 rings (SSSR count). The Hall–Kier alpha value is -1.55. The molecule has 4 nitrogen and oxygen atoms in total. The van der Waals surface area contributed by atoms with Crippen molar-refractivity contribution in [3.8, 4) is 0 Å². The highest BCUT2D eigenvalue weighted by atomic mass is 16.5. The van der Waals surface area contributed by atoms with Gasteiger partial charge in [0.05, 0.1) is 5.60 Å². The van der Waals surface area contributed by atoms with Crippen LogP contribution in [0.5, 0.6) is 0 Å². The van der Waals surface area contributed by atoms with Gasteiger partial charge in [-0.05, 0) is 80.5 Å². The van der Waals surface area contributed by atoms with Gasteiger partial charge in [0.1, 0.15) is 0 Å². The second kappa shape index (κ2) is 6.16. The predicted octanol–water partition coefficient (Wildman–Crippen LogP) is 3.25. The van der Waals surface area contributed by atoms with E-state index < -0.39 is 0 Å². The minimum Gasteiger partial charge on any atom is -0.375 e. The van der Waals surface area contributed by atoms with E-state index in [1.807, 2.05) is 0 Å². The zero-order valence-electron chi connectivity index (χ0n) is 13.8. The summed E-state index contributed by atoms with van der Waals surface area (Å²) in [6.07, 6.45) is 9.72. The van der Waals surface area contributed by atoms with Crippen LogP contribution in [0.15, 0.2) is 23.2 Å². The van der Waals surface area contributed by atoms with Crippen molar-refractivity contribution in [2.75, 3.05) is 18.5 Å². The van der Waals surface area contributed by atoms with E-state index in [2.05, 4.69) is 28.5 Å². The lowest BCUT2D eigenvalue weighted by atomic mass is 9.72. The van der Waals surface area contributed by atoms with Gasteiger partial charge in [-0.3, -0.25) is 4.99 Å². The van der Waals surface area contributed by atoms with E-state index in [1.54, 1.807) is 0 Å². The summed E-state index contributed by atoms with van der Waals surface area (Å²) < 4.78 is 5.98. The maximum atomic E-state index is 6.09. The fourth-order valence-electron chi connectivity index (χ4n) is 4.27. The van der Waals surface area contributed by atoms with E-state index in [4.69, 9.17) is 10.5 Å². The van der Waals surface area contributed by atoms with Crippen LogP contribution in [-0.4, -0.2) is 24.7 Å². The molecule has 0 bridgehead atoms. The summed E-state index contributed by atoms with van der Waals surface area (Å²) in [5.74, 6) is 1.15. The van der Waals surface area contributed by atoms with E-state index in [0.717, 1.165) is 31.7 Å². The summed E-state index contributed by atoms with van der Waals surface area (Å²) in [5.41, 5.74) is 10.3. The summed E-state index contributed by atoms with van der Waals surface area (Å²) >= 11 is 0. The van der Waals surface area contributed by atoms with Crippen molar-refractivity contribution < 1.29 is 4.74 Å². The summed E-state index contributed by atoms with van der Waals surface area (Å²) in [4.78, 5) is 4.59. The lowest BCUT2D eigenvalue weighted by molar-refractivity contribution is -0.141. The smallest absolute Gasteiger partial charge is 0.193 e. The number of hydrogen-bond acceptors (Lipinski definition) is 2. The topological polar surface area (TPSA) is 59.6 Å². The molecule has 1 unspecified atom stereocenters. The highest BCUT2D eigenvalue weighted by Gasteiger charge is 2.42. The van der Waals surface area contributed by atoms with Crippen molar-refractivity contribution in [1.29, 1.82) is 0 Å². The normalized spacial score (nSPS) is 25.9. The largest absolute Gasteiger partial charge is 0.375 e. The second-order valence-corrected chi connectivity index (χ2v) is 7.43. The van der Waals surface area contributed by atoms with Crippen LogP contribution in [-0.2, 0) is 17.6 Å². The maximum absolute atomic E-state index is 6.09. The first-order valence-electron chi connectivity index (χ1n) is 9.05. The van der Waals surface area contributed by atoms with Gasteiger partial charge >= 0.3 is 0 Å². The van der Waals surface area contributed by atoms with Crippen LogP contribution >= 0.6 is 0 Å². The first-order valence-corrected chi connectivity index (χ1v) is 9.05. The first kappa shape index (κ1) is 15.0. The molecule has 3 N–H and O–H groups in total. The number of guanidine groups is 1. The molecule has 1 saturated carbocycles. The molecule has 0 aromatic heterocycles. The molecule has 4 heteroatoms. The van der Waals surface area contributed by atoms with Gasteiger partial charge in [0.15, 0.2) is 5.96 Å². The van der Waals surface area contributed by atoms with Crippen molar-refractivity contribution in [3.05, 3.63) is 29.3 Å². The molecule has 124 valence electrons. The molecule has 1 aromatic rings. The number of anilines is 1. The molecular formula is C19H27N3O. The van der Waals surface area contributed by atoms with E-state index >= 15 is 0 Å². The minimum absolute atomic E-state index is 0.195. The average molecular weight is 313 g/mol. The van der Waals surface area contributed by atoms with Gasteiger partial charge in [-0.15, -0.1) is 0 Å². The van der Waals surface area contributed by atoms with Crippen LogP contribution in [0.4, 0.5) is 5.69 Å². The molecule has 1 aliphatic heterocycles. The van der Waals surface area contributed by atoms with Gasteiger partial charge in [0.2, 0.25) is 0 Å². The predicted molar refractivity (Wildman–Crippen MR) is 93.8 cm³/mol. The number of fused-ring (bicyclic) bond motifs is 1. The highest BCUT2D eigenvalue weighted by molar-refractivity contribution is 5.92. The summed E-state index contributed by atoms with van der Waals surface area (Å²) in [6.45, 7) is 1.70. The van der Waals surface area contributed by atoms with Crippen molar-refractivity contribution in [3.63, 3.8) is 0 Å². The molecule has 1 atom stereocenters. The Bertz CT molecular complexity index is 607. The Morgan fingerprint density at radius 3 is 2.96 bits per heavy atom. The van der Waals surface area contributed by atoms with E-state index in [0.29, 0.717) is 11.9 Å². The average Bonchev–Trinajstić information content (AvgIpc) is 2.99. The molecule has 2 fully saturated rings. The first-order chi connectivity index (χ1) is 11.2. The zero-order chi connectivity index (χ0) is 15.7. The number of benzene rings is 1. The van der Waals surface area contributed by atoms with Crippen LogP contribution in [0.25, 0.3) is 0 Å². The van der Waals surface area contributed by atoms with Gasteiger partial charge in [0.25, 0.3) is 0 Å². The van der Waals surface area contributed by atoms with Crippen molar-refractivity contribution in [2.45, 2.75) is 57.0 Å². The minimum atomic E-state index is 0.195. The third kappa shape index (κ3) is 3.23. The third-order valence-electron chi connectivity index (χ3n) is 5.75. The maximum Gasteiger partial charge on any atom is 0.193 e. The molecule has 1 saturated heterocycles. The second-order valence-electron chi connectivity index (χ2n) is 7.43. The van der Waals surface area contributed by atoms with Crippen molar-refractivity contribution in [1.82, 2.24) is 0 Å². The molecule has 1 aromatic carbocycles. The number of rotatable bonds is 3. The summed E-state index contributed by atoms with van der Waals surface area (Å²) in [5, 5.41) is 3.26. The zero-order valence-corrected chi connectivity index (χ0v) is 13.8. The van der Waals surface area contributed by atoms with Gasteiger partial charge in [-0.2, -0.15) is 0 Å². The van der Waals surface area contributed by atoms with Gasteiger partial charge in [-0.25, -0.2) is 0 Å². The Labute approximate surface area is 138 Å². The molecule has 3 aliphatic rings. The van der Waals surface area contributed by atoms with Crippen LogP contribution in [0, 0.1) is 5.92 Å². The third-order valence-corrected chi connectivity index (χ3v) is 5.75. The summed E-state index contributed by atoms with van der Waals surface area (Å²) in [7, 11) is 0. The van der Waals surface area contributed by atoms with Crippen LogP contribution in [0.1, 0.15) is 49.7 Å². The SMILES string of the molecule is NC(=NCC1CCOC2(CCC2)C1)Nc1ccc2c(c1)CCC2. The Kier molecular flexibility index (Phi) is 4.02. The number of ether oxygens (including phenoxy) is 1. The van der Waals surface area contributed by atoms with Crippen molar-refractivity contribution >= 4 is 11.6 Å². The van der Waals surface area contributed by atoms with E-state index in [-0.39, 0.29) is 5.60 Å². The standard InChI is InChI=1S/C19H27N3O/c20-18(22-17-6-5-15-3-1-4-16(15)11-17)21-13-14-7-10-23-19(12-14)8-2-9-19/h5-6,11,14H,1-4,7-10,12-13H2,(H3,20,21,22). The number of nitrogens with two attached hydrogens (primary N) is 1. The Balaban J connectivity index is 1.33. The molecule has 2 aliphatic carbocycles. The quantitative estimate of drug-likeness (QED) is 0.665. The summed E-state index contributed by atoms with van der Waals surface area (Å²) in [6, 6.07) is 6.56. The Morgan fingerprint density at radius 2 is 2.13 bits per heavy atom. The van der Waals surface area contributed by atoms with E-state index in [1.165, 1.54) is 49.7 Å². The van der Waals surface area contributed by atoms with Crippen LogP contribution in [0.3, 0.4) is 0 Å². The molecule has 1 heterocycles. The van der Waals surface area contributed by atoms with E-state index in [9.17, 15) is 0 Å². The lowest BCUT2D eigenvalue weighted by Gasteiger charge is -2.47. The molecular weight excluding hydrogens is 286 g/mol. The number of aryl methyl sites for hydroxylation is 2. The number of hydrogen-bond donors (Lipinski definition) is 2. The number of aliphatic imine (C=N–C) groups is 1. The molecule has 23 heavy (non-hydrogen) atoms. The van der Waals surface area contributed by atoms with Gasteiger partial charge < -0.3 is 15.8 Å². The monoisotopic (exact) mass is 313 g/mol. The molecule has 0 amide bonds. The van der Waals surface area contributed by atoms with Gasteiger partial charge in [-0.1, -0.05) is 6.07 Å². The fourth-order valence-corrected chi connectivity index (χ4v) is 4.27.